The van der Waals surface area contributed by atoms with Crippen LogP contribution in [-0.4, -0.2) is 38.9 Å². The van der Waals surface area contributed by atoms with Crippen molar-refractivity contribution in [3.63, 3.8) is 0 Å². The first-order chi connectivity index (χ1) is 9.54. The molecule has 0 aliphatic rings. The molecule has 1 unspecified atom stereocenters. The minimum Gasteiger partial charge on any atom is -0.480 e. The maximum Gasteiger partial charge on any atom is 0.323 e. The first-order valence-corrected chi connectivity index (χ1v) is 7.93. The van der Waals surface area contributed by atoms with E-state index < -0.39 is 11.5 Å². The molecule has 0 aromatic carbocycles. The van der Waals surface area contributed by atoms with Crippen LogP contribution >= 0.6 is 11.8 Å². The van der Waals surface area contributed by atoms with Gasteiger partial charge >= 0.3 is 5.97 Å². The Morgan fingerprint density at radius 1 is 1.50 bits per heavy atom. The van der Waals surface area contributed by atoms with Crippen molar-refractivity contribution in [2.75, 3.05) is 12.3 Å². The van der Waals surface area contributed by atoms with Crippen LogP contribution in [-0.2, 0) is 4.79 Å². The third-order valence-corrected chi connectivity index (χ3v) is 4.23. The number of aryl methyl sites for hydroxylation is 1. The molecule has 0 fully saturated rings. The summed E-state index contributed by atoms with van der Waals surface area (Å²) in [7, 11) is 0. The zero-order chi connectivity index (χ0) is 15.0. The maximum atomic E-state index is 11.5. The maximum absolute atomic E-state index is 11.5. The number of carbonyl (C=O) groups is 1. The van der Waals surface area contributed by atoms with Gasteiger partial charge in [0.1, 0.15) is 5.54 Å². The second-order valence-corrected chi connectivity index (χ2v) is 5.77. The highest BCUT2D eigenvalue weighted by atomic mass is 32.2. The third kappa shape index (κ3) is 4.76. The molecule has 0 radical (unpaired) electrons. The van der Waals surface area contributed by atoms with E-state index in [2.05, 4.69) is 15.3 Å². The smallest absolute Gasteiger partial charge is 0.323 e. The van der Waals surface area contributed by atoms with Crippen molar-refractivity contribution in [1.82, 2.24) is 15.3 Å². The van der Waals surface area contributed by atoms with Gasteiger partial charge < -0.3 is 10.4 Å². The van der Waals surface area contributed by atoms with E-state index in [0.717, 1.165) is 23.0 Å². The predicted octanol–water partition coefficient (Wildman–Crippen LogP) is 2.50. The van der Waals surface area contributed by atoms with Gasteiger partial charge in [-0.05, 0) is 38.8 Å². The number of hydrogen-bond acceptors (Lipinski definition) is 5. The highest BCUT2D eigenvalue weighted by molar-refractivity contribution is 7.99. The van der Waals surface area contributed by atoms with Gasteiger partial charge in [-0.1, -0.05) is 25.6 Å². The van der Waals surface area contributed by atoms with Crippen molar-refractivity contribution in [3.05, 3.63) is 18.0 Å². The lowest BCUT2D eigenvalue weighted by molar-refractivity contribution is -0.145. The normalized spacial score (nSPS) is 13.9. The highest BCUT2D eigenvalue weighted by Gasteiger charge is 2.34. The molecule has 20 heavy (non-hydrogen) atoms. The molecular formula is C14H23N3O2S. The van der Waals surface area contributed by atoms with E-state index in [9.17, 15) is 9.90 Å². The van der Waals surface area contributed by atoms with Crippen LogP contribution in [0.3, 0.4) is 0 Å². The van der Waals surface area contributed by atoms with E-state index >= 15 is 0 Å². The lowest BCUT2D eigenvalue weighted by Crippen LogP contribution is -2.51. The number of rotatable bonds is 9. The molecule has 1 heterocycles. The summed E-state index contributed by atoms with van der Waals surface area (Å²) in [5, 5.41) is 13.3. The van der Waals surface area contributed by atoms with E-state index in [1.165, 1.54) is 0 Å². The molecule has 2 N–H and O–H groups in total. The average Bonchev–Trinajstić information content (AvgIpc) is 2.42. The third-order valence-electron chi connectivity index (χ3n) is 3.28. The number of carboxylic acid groups (broad SMARTS) is 1. The summed E-state index contributed by atoms with van der Waals surface area (Å²) in [6.45, 7) is 6.44. The molecule has 1 aromatic heterocycles. The van der Waals surface area contributed by atoms with Gasteiger partial charge in [-0.25, -0.2) is 9.97 Å². The highest BCUT2D eigenvalue weighted by Crippen LogP contribution is 2.21. The molecule has 1 aromatic rings. The van der Waals surface area contributed by atoms with Crippen molar-refractivity contribution >= 4 is 17.7 Å². The van der Waals surface area contributed by atoms with Gasteiger partial charge in [0.15, 0.2) is 5.16 Å². The second kappa shape index (κ2) is 8.21. The van der Waals surface area contributed by atoms with Gasteiger partial charge in [-0.15, -0.1) is 0 Å². The van der Waals surface area contributed by atoms with Crippen LogP contribution in [0.5, 0.6) is 0 Å². The van der Waals surface area contributed by atoms with Crippen LogP contribution in [0, 0.1) is 6.92 Å². The number of hydrogen-bond donors (Lipinski definition) is 2. The molecular weight excluding hydrogens is 274 g/mol. The molecule has 5 nitrogen and oxygen atoms in total. The van der Waals surface area contributed by atoms with Crippen molar-refractivity contribution in [2.24, 2.45) is 0 Å². The number of carboxylic acids is 1. The van der Waals surface area contributed by atoms with Gasteiger partial charge in [0.05, 0.1) is 0 Å². The molecule has 112 valence electrons. The molecule has 0 bridgehead atoms. The molecule has 0 saturated carbocycles. The number of likely N-dealkylation sites (N-methyl/N-ethyl adjacent to an activating group) is 1. The summed E-state index contributed by atoms with van der Waals surface area (Å²) in [4.78, 5) is 20.0. The lowest BCUT2D eigenvalue weighted by Gasteiger charge is -2.29. The Balaban J connectivity index is 2.47. The fourth-order valence-corrected chi connectivity index (χ4v) is 2.91. The standard InChI is InChI=1S/C14H23N3O2S/c1-4-14(12(18)19,16-5-2)8-6-10-20-13-15-9-7-11(3)17-13/h7,9,16H,4-6,8,10H2,1-3H3,(H,18,19). The molecule has 0 saturated heterocycles. The van der Waals surface area contributed by atoms with Gasteiger partial charge in [-0.2, -0.15) is 0 Å². The zero-order valence-corrected chi connectivity index (χ0v) is 13.2. The summed E-state index contributed by atoms with van der Waals surface area (Å²) in [6.07, 6.45) is 3.76. The van der Waals surface area contributed by atoms with E-state index in [-0.39, 0.29) is 0 Å². The minimum atomic E-state index is -0.803. The number of nitrogens with zero attached hydrogens (tertiary/aromatic N) is 2. The molecule has 1 atom stereocenters. The number of thioether (sulfide) groups is 1. The number of nitrogens with one attached hydrogen (secondary N) is 1. The van der Waals surface area contributed by atoms with Gasteiger partial charge in [0.25, 0.3) is 0 Å². The predicted molar refractivity (Wildman–Crippen MR) is 81.1 cm³/mol. The van der Waals surface area contributed by atoms with Gasteiger partial charge in [-0.3, -0.25) is 4.79 Å². The Morgan fingerprint density at radius 2 is 2.25 bits per heavy atom. The Morgan fingerprint density at radius 3 is 2.80 bits per heavy atom. The van der Waals surface area contributed by atoms with Crippen LogP contribution < -0.4 is 5.32 Å². The molecule has 0 aliphatic carbocycles. The van der Waals surface area contributed by atoms with Crippen LogP contribution in [0.15, 0.2) is 17.4 Å². The van der Waals surface area contributed by atoms with E-state index in [1.807, 2.05) is 26.8 Å². The SMILES string of the molecule is CCNC(CC)(CCCSc1nccc(C)n1)C(=O)O. The van der Waals surface area contributed by atoms with Crippen molar-refractivity contribution in [1.29, 1.82) is 0 Å². The van der Waals surface area contributed by atoms with E-state index in [1.54, 1.807) is 18.0 Å². The Labute approximate surface area is 124 Å². The quantitative estimate of drug-likeness (QED) is 0.414. The molecule has 0 spiro atoms. The number of aromatic nitrogens is 2. The van der Waals surface area contributed by atoms with Crippen LogP contribution in [0.4, 0.5) is 0 Å². The second-order valence-electron chi connectivity index (χ2n) is 4.70. The first kappa shape index (κ1) is 16.9. The van der Waals surface area contributed by atoms with Gasteiger partial charge in [0, 0.05) is 17.6 Å². The monoisotopic (exact) mass is 297 g/mol. The molecule has 0 amide bonds. The van der Waals surface area contributed by atoms with E-state index in [0.29, 0.717) is 19.4 Å². The average molecular weight is 297 g/mol. The summed E-state index contributed by atoms with van der Waals surface area (Å²) in [5.41, 5.74) is 0.145. The van der Waals surface area contributed by atoms with Crippen molar-refractivity contribution in [2.45, 2.75) is 50.7 Å². The first-order valence-electron chi connectivity index (χ1n) is 6.95. The number of aliphatic carboxylic acids is 1. The van der Waals surface area contributed by atoms with Crippen LogP contribution in [0.1, 0.15) is 38.8 Å². The van der Waals surface area contributed by atoms with Crippen LogP contribution in [0.2, 0.25) is 0 Å². The Bertz CT molecular complexity index is 442. The molecule has 0 aliphatic heterocycles. The topological polar surface area (TPSA) is 75.1 Å². The summed E-state index contributed by atoms with van der Waals surface area (Å²) in [6, 6.07) is 1.86. The Hall–Kier alpha value is -1.14. The van der Waals surface area contributed by atoms with Crippen molar-refractivity contribution in [3.8, 4) is 0 Å². The molecule has 6 heteroatoms. The van der Waals surface area contributed by atoms with Crippen molar-refractivity contribution < 1.29 is 9.90 Å². The minimum absolute atomic E-state index is 0.585. The largest absolute Gasteiger partial charge is 0.480 e. The lowest BCUT2D eigenvalue weighted by atomic mass is 9.91. The Kier molecular flexibility index (Phi) is 6.95. The fraction of sp³-hybridized carbons (Fsp3) is 0.643. The van der Waals surface area contributed by atoms with E-state index in [4.69, 9.17) is 0 Å². The molecule has 1 rings (SSSR count). The fourth-order valence-electron chi connectivity index (χ4n) is 2.10. The van der Waals surface area contributed by atoms with Crippen LogP contribution in [0.25, 0.3) is 0 Å². The summed E-state index contributed by atoms with van der Waals surface area (Å²) in [5.74, 6) is 0.0582. The zero-order valence-electron chi connectivity index (χ0n) is 12.3. The summed E-state index contributed by atoms with van der Waals surface area (Å²) >= 11 is 1.57. The summed E-state index contributed by atoms with van der Waals surface area (Å²) < 4.78 is 0. The van der Waals surface area contributed by atoms with Gasteiger partial charge in [0.2, 0.25) is 0 Å².